The van der Waals surface area contributed by atoms with E-state index in [2.05, 4.69) is 5.16 Å². The molecule has 1 aromatic heterocycles. The molecular weight excluding hydrogens is 301 g/mol. The van der Waals surface area contributed by atoms with Gasteiger partial charge in [0.15, 0.2) is 0 Å². The minimum absolute atomic E-state index is 0.471. The minimum Gasteiger partial charge on any atom is -0.360 e. The van der Waals surface area contributed by atoms with Crippen LogP contribution in [0.3, 0.4) is 0 Å². The lowest BCUT2D eigenvalue weighted by atomic mass is 10.00. The smallest absolute Gasteiger partial charge is 0.148 e. The summed E-state index contributed by atoms with van der Waals surface area (Å²) < 4.78 is 5.33. The Hall–Kier alpha value is -0.900. The highest BCUT2D eigenvalue weighted by molar-refractivity contribution is 7.81. The van der Waals surface area contributed by atoms with E-state index >= 15 is 0 Å². The molecule has 3 rings (SSSR count). The standard InChI is InChI=1S/C14H11Cl2NOS/c1-7-9(4-5-11(15)12(7)16)14(19)10-6-17-18-13(10)8-2-3-8/h4-6,8H,2-3H2,1H3. The molecule has 0 unspecified atom stereocenters. The molecule has 1 heterocycles. The van der Waals surface area contributed by atoms with Gasteiger partial charge in [0.05, 0.1) is 26.7 Å². The van der Waals surface area contributed by atoms with Crippen LogP contribution in [0, 0.1) is 6.92 Å². The summed E-state index contributed by atoms with van der Waals surface area (Å²) in [6, 6.07) is 3.67. The Morgan fingerprint density at radius 3 is 2.74 bits per heavy atom. The maximum absolute atomic E-state index is 6.17. The molecule has 1 aromatic carbocycles. The van der Waals surface area contributed by atoms with Gasteiger partial charge >= 0.3 is 0 Å². The average molecular weight is 312 g/mol. The van der Waals surface area contributed by atoms with E-state index in [9.17, 15) is 0 Å². The number of aromatic nitrogens is 1. The molecular formula is C14H11Cl2NOS. The molecule has 0 aliphatic heterocycles. The van der Waals surface area contributed by atoms with Crippen LogP contribution < -0.4 is 0 Å². The van der Waals surface area contributed by atoms with E-state index in [1.807, 2.05) is 13.0 Å². The van der Waals surface area contributed by atoms with Crippen molar-refractivity contribution in [1.82, 2.24) is 5.16 Å². The summed E-state index contributed by atoms with van der Waals surface area (Å²) in [5, 5.41) is 4.97. The van der Waals surface area contributed by atoms with Crippen LogP contribution in [0.2, 0.25) is 10.0 Å². The number of thiocarbonyl (C=S) groups is 1. The van der Waals surface area contributed by atoms with E-state index in [-0.39, 0.29) is 0 Å². The fourth-order valence-electron chi connectivity index (χ4n) is 2.10. The van der Waals surface area contributed by atoms with Crippen molar-refractivity contribution in [2.75, 3.05) is 0 Å². The Kier molecular flexibility index (Phi) is 3.37. The van der Waals surface area contributed by atoms with Crippen molar-refractivity contribution in [3.8, 4) is 0 Å². The van der Waals surface area contributed by atoms with E-state index < -0.39 is 0 Å². The predicted octanol–water partition coefficient (Wildman–Crippen LogP) is 4.93. The Balaban J connectivity index is 2.04. The number of hydrogen-bond acceptors (Lipinski definition) is 3. The molecule has 0 bridgehead atoms. The molecule has 0 saturated heterocycles. The van der Waals surface area contributed by atoms with E-state index in [1.165, 1.54) is 0 Å². The minimum atomic E-state index is 0.471. The fourth-order valence-corrected chi connectivity index (χ4v) is 2.85. The molecule has 5 heteroatoms. The van der Waals surface area contributed by atoms with E-state index in [0.29, 0.717) is 16.0 Å². The fraction of sp³-hybridized carbons (Fsp3) is 0.286. The summed E-state index contributed by atoms with van der Waals surface area (Å²) in [5.74, 6) is 1.37. The van der Waals surface area contributed by atoms with Crippen molar-refractivity contribution in [2.45, 2.75) is 25.7 Å². The topological polar surface area (TPSA) is 26.0 Å². The van der Waals surface area contributed by atoms with Crippen molar-refractivity contribution >= 4 is 40.3 Å². The first-order chi connectivity index (χ1) is 9.09. The summed E-state index contributed by atoms with van der Waals surface area (Å²) in [6.07, 6.45) is 3.98. The van der Waals surface area contributed by atoms with Crippen molar-refractivity contribution in [1.29, 1.82) is 0 Å². The van der Waals surface area contributed by atoms with Gasteiger partial charge in [-0.05, 0) is 37.0 Å². The van der Waals surface area contributed by atoms with Gasteiger partial charge in [-0.1, -0.05) is 46.6 Å². The van der Waals surface area contributed by atoms with Crippen LogP contribution in [0.15, 0.2) is 22.9 Å². The molecule has 1 aliphatic rings. The maximum Gasteiger partial charge on any atom is 0.148 e. The lowest BCUT2D eigenvalue weighted by Gasteiger charge is -2.09. The molecule has 1 saturated carbocycles. The first kappa shape index (κ1) is 13.1. The molecule has 19 heavy (non-hydrogen) atoms. The van der Waals surface area contributed by atoms with Crippen molar-refractivity contribution in [2.24, 2.45) is 0 Å². The second kappa shape index (κ2) is 4.89. The van der Waals surface area contributed by atoms with Crippen LogP contribution in [0.5, 0.6) is 0 Å². The molecule has 2 nitrogen and oxygen atoms in total. The summed E-state index contributed by atoms with van der Waals surface area (Å²) in [4.78, 5) is 0.721. The Morgan fingerprint density at radius 1 is 1.32 bits per heavy atom. The van der Waals surface area contributed by atoms with Gasteiger partial charge in [0.2, 0.25) is 0 Å². The first-order valence-corrected chi connectivity index (χ1v) is 7.20. The monoisotopic (exact) mass is 311 g/mol. The van der Waals surface area contributed by atoms with Gasteiger partial charge in [-0.3, -0.25) is 0 Å². The third kappa shape index (κ3) is 2.31. The number of rotatable bonds is 3. The van der Waals surface area contributed by atoms with Gasteiger partial charge in [0, 0.05) is 5.92 Å². The molecule has 0 radical (unpaired) electrons. The second-order valence-corrected chi connectivity index (χ2v) is 5.93. The predicted molar refractivity (Wildman–Crippen MR) is 80.5 cm³/mol. The average Bonchev–Trinajstić information content (AvgIpc) is 3.13. The number of hydrogen-bond donors (Lipinski definition) is 0. The Bertz CT molecular complexity index is 661. The highest BCUT2D eigenvalue weighted by Gasteiger charge is 2.31. The summed E-state index contributed by atoms with van der Waals surface area (Å²) in [5.41, 5.74) is 2.70. The zero-order valence-corrected chi connectivity index (χ0v) is 12.6. The van der Waals surface area contributed by atoms with E-state index in [4.69, 9.17) is 39.9 Å². The summed E-state index contributed by atoms with van der Waals surface area (Å²) in [7, 11) is 0. The molecule has 0 N–H and O–H groups in total. The van der Waals surface area contributed by atoms with Crippen LogP contribution in [-0.4, -0.2) is 10.0 Å². The molecule has 0 atom stereocenters. The van der Waals surface area contributed by atoms with Gasteiger partial charge < -0.3 is 4.52 Å². The summed E-state index contributed by atoms with van der Waals surface area (Å²) >= 11 is 17.7. The normalized spacial score (nSPS) is 14.7. The quantitative estimate of drug-likeness (QED) is 0.593. The van der Waals surface area contributed by atoms with Gasteiger partial charge in [-0.15, -0.1) is 0 Å². The van der Waals surface area contributed by atoms with E-state index in [0.717, 1.165) is 40.2 Å². The SMILES string of the molecule is Cc1c(C(=S)c2cnoc2C2CC2)ccc(Cl)c1Cl. The van der Waals surface area contributed by atoms with Crippen LogP contribution in [0.4, 0.5) is 0 Å². The second-order valence-electron chi connectivity index (χ2n) is 4.74. The zero-order valence-electron chi connectivity index (χ0n) is 10.2. The highest BCUT2D eigenvalue weighted by atomic mass is 35.5. The molecule has 1 aliphatic carbocycles. The maximum atomic E-state index is 6.17. The van der Waals surface area contributed by atoms with E-state index in [1.54, 1.807) is 12.3 Å². The third-order valence-electron chi connectivity index (χ3n) is 3.37. The first-order valence-electron chi connectivity index (χ1n) is 6.03. The molecule has 1 fully saturated rings. The summed E-state index contributed by atoms with van der Waals surface area (Å²) in [6.45, 7) is 1.92. The molecule has 2 aromatic rings. The number of benzene rings is 1. The van der Waals surface area contributed by atoms with Gasteiger partial charge in [0.1, 0.15) is 5.76 Å². The zero-order chi connectivity index (χ0) is 13.6. The van der Waals surface area contributed by atoms with Crippen molar-refractivity contribution in [3.63, 3.8) is 0 Å². The van der Waals surface area contributed by atoms with Crippen LogP contribution >= 0.6 is 35.4 Å². The van der Waals surface area contributed by atoms with Crippen LogP contribution in [0.1, 0.15) is 41.2 Å². The number of halogens is 2. The largest absolute Gasteiger partial charge is 0.360 e. The van der Waals surface area contributed by atoms with Gasteiger partial charge in [-0.2, -0.15) is 0 Å². The Labute approximate surface area is 126 Å². The molecule has 98 valence electrons. The van der Waals surface area contributed by atoms with Gasteiger partial charge in [0.25, 0.3) is 0 Å². The van der Waals surface area contributed by atoms with Crippen molar-refractivity contribution in [3.05, 3.63) is 50.8 Å². The number of nitrogens with zero attached hydrogens (tertiary/aromatic N) is 1. The molecule has 0 spiro atoms. The van der Waals surface area contributed by atoms with Crippen LogP contribution in [-0.2, 0) is 0 Å². The lowest BCUT2D eigenvalue weighted by molar-refractivity contribution is 0.384. The van der Waals surface area contributed by atoms with Crippen LogP contribution in [0.25, 0.3) is 0 Å². The highest BCUT2D eigenvalue weighted by Crippen LogP contribution is 2.42. The van der Waals surface area contributed by atoms with Gasteiger partial charge in [-0.25, -0.2) is 0 Å². The third-order valence-corrected chi connectivity index (χ3v) is 4.71. The molecule has 0 amide bonds. The van der Waals surface area contributed by atoms with Crippen molar-refractivity contribution < 1.29 is 4.52 Å². The lowest BCUT2D eigenvalue weighted by Crippen LogP contribution is -2.04. The Morgan fingerprint density at radius 2 is 2.05 bits per heavy atom.